The van der Waals surface area contributed by atoms with Crippen LogP contribution in [0.15, 0.2) is 0 Å². The van der Waals surface area contributed by atoms with Crippen LogP contribution in [0.4, 0.5) is 0 Å². The van der Waals surface area contributed by atoms with Crippen molar-refractivity contribution in [2.75, 3.05) is 12.8 Å². The summed E-state index contributed by atoms with van der Waals surface area (Å²) in [5.74, 6) is -4.66. The Balaban J connectivity index is 4.59. The maximum Gasteiger partial charge on any atom is 0.318 e. The van der Waals surface area contributed by atoms with Crippen molar-refractivity contribution in [1.29, 1.82) is 0 Å². The molecule has 0 bridgehead atoms. The normalized spacial score (nSPS) is 15.1. The van der Waals surface area contributed by atoms with E-state index in [0.717, 1.165) is 0 Å². The first-order valence-electron chi connectivity index (χ1n) is 4.01. The lowest BCUT2D eigenvalue weighted by Gasteiger charge is -2.15. The van der Waals surface area contributed by atoms with Crippen LogP contribution >= 0.6 is 7.80 Å². The Labute approximate surface area is 81.3 Å². The third-order valence-corrected chi connectivity index (χ3v) is 3.96. The first-order valence-corrected chi connectivity index (χ1v) is 5.70. The summed E-state index contributed by atoms with van der Waals surface area (Å²) in [6.45, 7) is 0.984. The molecule has 0 heterocycles. The van der Waals surface area contributed by atoms with E-state index in [1.807, 2.05) is 0 Å². The van der Waals surface area contributed by atoms with Gasteiger partial charge in [0.2, 0.25) is 0 Å². The lowest BCUT2D eigenvalue weighted by molar-refractivity contribution is -0.154. The molecule has 0 fully saturated rings. The summed E-state index contributed by atoms with van der Waals surface area (Å²) in [7, 11) is -2.37. The number of aliphatic hydroxyl groups is 1. The Morgan fingerprint density at radius 2 is 1.71 bits per heavy atom. The molecular weight excluding hydrogens is 211 g/mol. The molecule has 0 rings (SSSR count). The van der Waals surface area contributed by atoms with Gasteiger partial charge >= 0.3 is 11.9 Å². The SMILES string of the molecule is CC(C(C(=O)O)C(=O)O)[PH](=O)CCO. The molecule has 0 saturated carbocycles. The number of hydrogen-bond acceptors (Lipinski definition) is 4. The summed E-state index contributed by atoms with van der Waals surface area (Å²) in [5.41, 5.74) is -0.942. The van der Waals surface area contributed by atoms with Gasteiger partial charge in [-0.05, 0) is 0 Å². The van der Waals surface area contributed by atoms with Crippen LogP contribution in [0, 0.1) is 5.92 Å². The van der Waals surface area contributed by atoms with E-state index in [9.17, 15) is 14.2 Å². The summed E-state index contributed by atoms with van der Waals surface area (Å²) in [6, 6.07) is 0. The van der Waals surface area contributed by atoms with Crippen LogP contribution < -0.4 is 0 Å². The van der Waals surface area contributed by atoms with E-state index in [0.29, 0.717) is 0 Å². The average molecular weight is 224 g/mol. The van der Waals surface area contributed by atoms with E-state index in [-0.39, 0.29) is 12.8 Å². The maximum atomic E-state index is 11.3. The predicted octanol–water partition coefficient (Wildman–Crippen LogP) is -0.288. The Morgan fingerprint density at radius 3 is 2.00 bits per heavy atom. The minimum atomic E-state index is -2.37. The van der Waals surface area contributed by atoms with Gasteiger partial charge in [0.1, 0.15) is 0 Å². The van der Waals surface area contributed by atoms with Crippen molar-refractivity contribution in [1.82, 2.24) is 0 Å². The first kappa shape index (κ1) is 13.1. The standard InChI is InChI=1S/C7H13O6P/c1-4(14(13)3-2-8)5(6(9)10)7(11)12/h4-5,8,14H,2-3H2,1H3,(H,9,10)(H,11,12). The van der Waals surface area contributed by atoms with E-state index >= 15 is 0 Å². The largest absolute Gasteiger partial charge is 0.481 e. The fourth-order valence-corrected chi connectivity index (χ4v) is 2.39. The highest BCUT2D eigenvalue weighted by molar-refractivity contribution is 7.45. The fraction of sp³-hybridized carbons (Fsp3) is 0.714. The lowest BCUT2D eigenvalue weighted by Crippen LogP contribution is -2.31. The fourth-order valence-electron chi connectivity index (χ4n) is 1.06. The Hall–Kier alpha value is -0.870. The first-order chi connectivity index (χ1) is 6.41. The maximum absolute atomic E-state index is 11.3. The van der Waals surface area contributed by atoms with Crippen molar-refractivity contribution in [3.63, 3.8) is 0 Å². The van der Waals surface area contributed by atoms with Crippen molar-refractivity contribution >= 4 is 19.7 Å². The smallest absolute Gasteiger partial charge is 0.318 e. The molecule has 2 atom stereocenters. The zero-order valence-electron chi connectivity index (χ0n) is 7.64. The van der Waals surface area contributed by atoms with E-state index < -0.39 is 31.3 Å². The summed E-state index contributed by atoms with van der Waals surface area (Å²) in [4.78, 5) is 21.1. The molecule has 0 aliphatic rings. The van der Waals surface area contributed by atoms with Gasteiger partial charge in [-0.25, -0.2) is 0 Å². The number of rotatable bonds is 6. The molecule has 82 valence electrons. The van der Waals surface area contributed by atoms with Gasteiger partial charge in [-0.2, -0.15) is 0 Å². The quantitative estimate of drug-likeness (QED) is 0.422. The van der Waals surface area contributed by atoms with Gasteiger partial charge in [0, 0.05) is 18.4 Å². The summed E-state index contributed by atoms with van der Waals surface area (Å²) in [5, 5.41) is 25.6. The molecule has 0 aromatic rings. The van der Waals surface area contributed by atoms with Gasteiger partial charge in [-0.1, -0.05) is 6.92 Å². The molecule has 0 aromatic heterocycles. The van der Waals surface area contributed by atoms with Gasteiger partial charge in [0.15, 0.2) is 5.92 Å². The molecule has 0 saturated heterocycles. The zero-order valence-corrected chi connectivity index (χ0v) is 8.64. The number of aliphatic hydroxyl groups excluding tert-OH is 1. The minimum Gasteiger partial charge on any atom is -0.481 e. The highest BCUT2D eigenvalue weighted by Crippen LogP contribution is 2.32. The molecule has 14 heavy (non-hydrogen) atoms. The second-order valence-electron chi connectivity index (χ2n) is 2.88. The highest BCUT2D eigenvalue weighted by atomic mass is 31.1. The molecule has 0 aliphatic carbocycles. The van der Waals surface area contributed by atoms with Gasteiger partial charge < -0.3 is 19.9 Å². The molecule has 0 aromatic carbocycles. The second kappa shape index (κ2) is 5.78. The molecule has 0 amide bonds. The molecule has 2 unspecified atom stereocenters. The number of carboxylic acids is 2. The molecule has 6 nitrogen and oxygen atoms in total. The van der Waals surface area contributed by atoms with Crippen LogP contribution in [0.2, 0.25) is 0 Å². The average Bonchev–Trinajstić information content (AvgIpc) is 2.03. The lowest BCUT2D eigenvalue weighted by atomic mass is 10.1. The Morgan fingerprint density at radius 1 is 1.29 bits per heavy atom. The van der Waals surface area contributed by atoms with Crippen molar-refractivity contribution in [3.05, 3.63) is 0 Å². The number of aliphatic carboxylic acids is 2. The van der Waals surface area contributed by atoms with Crippen molar-refractivity contribution in [3.8, 4) is 0 Å². The predicted molar refractivity (Wildman–Crippen MR) is 49.2 cm³/mol. The van der Waals surface area contributed by atoms with Crippen molar-refractivity contribution in [2.45, 2.75) is 12.6 Å². The molecule has 0 radical (unpaired) electrons. The second-order valence-corrected chi connectivity index (χ2v) is 5.23. The summed E-state index contributed by atoms with van der Waals surface area (Å²) < 4.78 is 11.3. The monoisotopic (exact) mass is 224 g/mol. The van der Waals surface area contributed by atoms with E-state index in [1.165, 1.54) is 6.92 Å². The van der Waals surface area contributed by atoms with Crippen LogP contribution in [0.3, 0.4) is 0 Å². The van der Waals surface area contributed by atoms with Gasteiger partial charge in [-0.15, -0.1) is 0 Å². The molecular formula is C7H13O6P. The third-order valence-electron chi connectivity index (χ3n) is 1.90. The van der Waals surface area contributed by atoms with E-state index in [4.69, 9.17) is 15.3 Å². The van der Waals surface area contributed by atoms with E-state index in [2.05, 4.69) is 0 Å². The summed E-state index contributed by atoms with van der Waals surface area (Å²) in [6.07, 6.45) is -0.0388. The van der Waals surface area contributed by atoms with E-state index in [1.54, 1.807) is 0 Å². The summed E-state index contributed by atoms with van der Waals surface area (Å²) >= 11 is 0. The number of hydrogen-bond donors (Lipinski definition) is 3. The van der Waals surface area contributed by atoms with Gasteiger partial charge in [-0.3, -0.25) is 9.59 Å². The van der Waals surface area contributed by atoms with Crippen LogP contribution in [0.1, 0.15) is 6.92 Å². The Bertz CT molecular complexity index is 237. The van der Waals surface area contributed by atoms with Crippen LogP contribution in [-0.2, 0) is 14.2 Å². The zero-order chi connectivity index (χ0) is 11.3. The highest BCUT2D eigenvalue weighted by Gasteiger charge is 2.34. The van der Waals surface area contributed by atoms with Gasteiger partial charge in [0.25, 0.3) is 0 Å². The Kier molecular flexibility index (Phi) is 5.42. The topological polar surface area (TPSA) is 112 Å². The number of carboxylic acid groups (broad SMARTS) is 2. The number of carbonyl (C=O) groups is 2. The molecule has 0 spiro atoms. The van der Waals surface area contributed by atoms with Crippen LogP contribution in [-0.4, -0.2) is 45.7 Å². The third kappa shape index (κ3) is 3.47. The minimum absolute atomic E-state index is 0.0388. The van der Waals surface area contributed by atoms with Crippen molar-refractivity contribution in [2.24, 2.45) is 5.92 Å². The van der Waals surface area contributed by atoms with Gasteiger partial charge in [0.05, 0.1) is 7.80 Å². The van der Waals surface area contributed by atoms with Crippen LogP contribution in [0.25, 0.3) is 0 Å². The molecule has 3 N–H and O–H groups in total. The molecule has 0 aliphatic heterocycles. The van der Waals surface area contributed by atoms with Crippen LogP contribution in [0.5, 0.6) is 0 Å². The molecule has 7 heteroatoms. The van der Waals surface area contributed by atoms with Crippen molar-refractivity contribution < 1.29 is 29.5 Å².